The lowest BCUT2D eigenvalue weighted by atomic mass is 9.83. The molecule has 2 aliphatic rings. The second-order valence-corrected chi connectivity index (χ2v) is 12.2. The summed E-state index contributed by atoms with van der Waals surface area (Å²) in [6, 6.07) is 12.7. The Labute approximate surface area is 223 Å². The van der Waals surface area contributed by atoms with E-state index in [9.17, 15) is 4.79 Å². The van der Waals surface area contributed by atoms with Crippen molar-refractivity contribution in [3.05, 3.63) is 69.8 Å². The van der Waals surface area contributed by atoms with Gasteiger partial charge < -0.3 is 10.2 Å². The Hall–Kier alpha value is -3.52. The molecule has 8 heteroatoms. The minimum atomic E-state index is -0.107. The SMILES string of the molecule is CN(C)CC1CCc2cc(Nc3ncc4c(=O)n(C5CC5)n(-c5cccc(C(C)(C)C)n5)c4n3)ccc2C1. The van der Waals surface area contributed by atoms with Crippen LogP contribution in [0, 0.1) is 5.92 Å². The van der Waals surface area contributed by atoms with Crippen molar-refractivity contribution in [3.8, 4) is 5.82 Å². The van der Waals surface area contributed by atoms with Crippen molar-refractivity contribution in [2.75, 3.05) is 26.0 Å². The average Bonchev–Trinajstić information content (AvgIpc) is 3.67. The number of anilines is 2. The summed E-state index contributed by atoms with van der Waals surface area (Å²) in [5.74, 6) is 1.90. The van der Waals surface area contributed by atoms with Crippen LogP contribution in [0.2, 0.25) is 0 Å². The van der Waals surface area contributed by atoms with Crippen molar-refractivity contribution in [1.29, 1.82) is 0 Å². The number of hydrogen-bond donors (Lipinski definition) is 1. The van der Waals surface area contributed by atoms with Gasteiger partial charge in [-0.05, 0) is 87.5 Å². The van der Waals surface area contributed by atoms with Crippen molar-refractivity contribution in [3.63, 3.8) is 0 Å². The third-order valence-corrected chi connectivity index (χ3v) is 7.65. The van der Waals surface area contributed by atoms with Gasteiger partial charge in [0.1, 0.15) is 5.39 Å². The minimum absolute atomic E-state index is 0.0573. The first-order valence-corrected chi connectivity index (χ1v) is 13.7. The maximum absolute atomic E-state index is 13.4. The Bertz CT molecular complexity index is 1560. The zero-order valence-corrected chi connectivity index (χ0v) is 23.0. The molecule has 4 aromatic rings. The van der Waals surface area contributed by atoms with Crippen LogP contribution in [0.5, 0.6) is 0 Å². The molecular weight excluding hydrogens is 474 g/mol. The van der Waals surface area contributed by atoms with E-state index in [1.165, 1.54) is 17.5 Å². The van der Waals surface area contributed by atoms with Crippen LogP contribution in [0.25, 0.3) is 16.9 Å². The molecule has 1 N–H and O–H groups in total. The van der Waals surface area contributed by atoms with Gasteiger partial charge >= 0.3 is 0 Å². The fourth-order valence-electron chi connectivity index (χ4n) is 5.60. The van der Waals surface area contributed by atoms with Crippen molar-refractivity contribution in [2.24, 2.45) is 5.92 Å². The molecule has 1 atom stereocenters. The van der Waals surface area contributed by atoms with E-state index in [4.69, 9.17) is 9.97 Å². The Kier molecular flexibility index (Phi) is 6.10. The maximum Gasteiger partial charge on any atom is 0.278 e. The number of pyridine rings is 1. The number of fused-ring (bicyclic) bond motifs is 2. The highest BCUT2D eigenvalue weighted by Crippen LogP contribution is 2.36. The number of aryl methyl sites for hydroxylation is 1. The molecule has 0 bridgehead atoms. The topological polar surface area (TPSA) is 80.9 Å². The van der Waals surface area contributed by atoms with Gasteiger partial charge in [-0.3, -0.25) is 4.79 Å². The van der Waals surface area contributed by atoms with E-state index < -0.39 is 0 Å². The first-order chi connectivity index (χ1) is 18.2. The molecule has 0 spiro atoms. The molecule has 198 valence electrons. The molecule has 0 aliphatic heterocycles. The minimum Gasteiger partial charge on any atom is -0.324 e. The van der Waals surface area contributed by atoms with Gasteiger partial charge in [0, 0.05) is 29.5 Å². The second-order valence-electron chi connectivity index (χ2n) is 12.2. The van der Waals surface area contributed by atoms with Gasteiger partial charge in [-0.2, -0.15) is 4.98 Å². The fraction of sp³-hybridized carbons (Fsp3) is 0.467. The van der Waals surface area contributed by atoms with Gasteiger partial charge in [0.05, 0.1) is 6.04 Å². The molecule has 6 rings (SSSR count). The highest BCUT2D eigenvalue weighted by Gasteiger charge is 2.31. The normalized spacial score (nSPS) is 17.7. The number of aromatic nitrogens is 5. The van der Waals surface area contributed by atoms with Crippen molar-refractivity contribution < 1.29 is 0 Å². The van der Waals surface area contributed by atoms with Gasteiger partial charge in [0.2, 0.25) is 5.95 Å². The quantitative estimate of drug-likeness (QED) is 0.392. The summed E-state index contributed by atoms with van der Waals surface area (Å²) in [7, 11) is 4.30. The van der Waals surface area contributed by atoms with E-state index in [0.717, 1.165) is 43.6 Å². The Balaban J connectivity index is 1.36. The summed E-state index contributed by atoms with van der Waals surface area (Å²) < 4.78 is 3.72. The predicted molar refractivity (Wildman–Crippen MR) is 152 cm³/mol. The summed E-state index contributed by atoms with van der Waals surface area (Å²) in [6.45, 7) is 7.56. The smallest absolute Gasteiger partial charge is 0.278 e. The van der Waals surface area contributed by atoms with Gasteiger partial charge in [-0.15, -0.1) is 0 Å². The van der Waals surface area contributed by atoms with E-state index >= 15 is 0 Å². The summed E-state index contributed by atoms with van der Waals surface area (Å²) in [4.78, 5) is 30.0. The first kappa shape index (κ1) is 24.8. The highest BCUT2D eigenvalue weighted by molar-refractivity contribution is 5.77. The number of nitrogens with one attached hydrogen (secondary N) is 1. The van der Waals surface area contributed by atoms with Crippen LogP contribution in [0.3, 0.4) is 0 Å². The third kappa shape index (κ3) is 4.73. The summed E-state index contributed by atoms with van der Waals surface area (Å²) >= 11 is 0. The molecule has 3 aromatic heterocycles. The van der Waals surface area contributed by atoms with Crippen LogP contribution in [-0.2, 0) is 18.3 Å². The maximum atomic E-state index is 13.4. The van der Waals surface area contributed by atoms with Crippen LogP contribution >= 0.6 is 0 Å². The molecule has 1 fully saturated rings. The molecule has 3 heterocycles. The van der Waals surface area contributed by atoms with Gasteiger partial charge in [-0.25, -0.2) is 19.3 Å². The molecule has 0 radical (unpaired) electrons. The molecule has 1 saturated carbocycles. The zero-order valence-electron chi connectivity index (χ0n) is 23.0. The van der Waals surface area contributed by atoms with Gasteiger partial charge in [0.15, 0.2) is 11.5 Å². The van der Waals surface area contributed by atoms with Gasteiger partial charge in [0.25, 0.3) is 5.56 Å². The Morgan fingerprint density at radius 2 is 1.87 bits per heavy atom. The number of hydrogen-bond acceptors (Lipinski definition) is 6. The lowest BCUT2D eigenvalue weighted by molar-refractivity contribution is 0.303. The summed E-state index contributed by atoms with van der Waals surface area (Å²) in [6.07, 6.45) is 7.04. The molecule has 1 aromatic carbocycles. The van der Waals surface area contributed by atoms with E-state index in [1.807, 2.05) is 27.6 Å². The summed E-state index contributed by atoms with van der Waals surface area (Å²) in [5, 5.41) is 3.92. The zero-order chi connectivity index (χ0) is 26.6. The third-order valence-electron chi connectivity index (χ3n) is 7.65. The number of rotatable bonds is 6. The lowest BCUT2D eigenvalue weighted by Crippen LogP contribution is -2.26. The Morgan fingerprint density at radius 1 is 1.05 bits per heavy atom. The number of benzene rings is 1. The van der Waals surface area contributed by atoms with Crippen LogP contribution in [-0.4, -0.2) is 49.9 Å². The first-order valence-electron chi connectivity index (χ1n) is 13.7. The van der Waals surface area contributed by atoms with Crippen LogP contribution in [0.15, 0.2) is 47.4 Å². The predicted octanol–water partition coefficient (Wildman–Crippen LogP) is 5.02. The van der Waals surface area contributed by atoms with E-state index in [-0.39, 0.29) is 17.0 Å². The second kappa shape index (κ2) is 9.34. The number of nitrogens with zero attached hydrogens (tertiary/aromatic N) is 6. The van der Waals surface area contributed by atoms with E-state index in [1.54, 1.807) is 6.20 Å². The van der Waals surface area contributed by atoms with Crippen molar-refractivity contribution in [2.45, 2.75) is 64.3 Å². The molecule has 8 nitrogen and oxygen atoms in total. The molecule has 0 amide bonds. The summed E-state index contributed by atoms with van der Waals surface area (Å²) in [5.41, 5.74) is 5.19. The lowest BCUT2D eigenvalue weighted by Gasteiger charge is -2.27. The molecule has 1 unspecified atom stereocenters. The highest BCUT2D eigenvalue weighted by atomic mass is 16.1. The molecule has 0 saturated heterocycles. The Morgan fingerprint density at radius 3 is 2.61 bits per heavy atom. The fourth-order valence-corrected chi connectivity index (χ4v) is 5.60. The standard InChI is InChI=1S/C30H37N7O/c1-30(2,3)25-7-6-8-26(33-25)37-27-24(28(38)36(37)23-13-14-23)17-31-29(34-27)32-22-12-11-20-15-19(18-35(4)5)9-10-21(20)16-22/h6-8,11-12,16-17,19,23H,9-10,13-15,18H2,1-5H3,(H,31,32,34). The van der Waals surface area contributed by atoms with Crippen molar-refractivity contribution in [1.82, 2.24) is 29.2 Å². The van der Waals surface area contributed by atoms with Gasteiger partial charge in [-0.1, -0.05) is 32.9 Å². The van der Waals surface area contributed by atoms with Crippen molar-refractivity contribution >= 4 is 22.7 Å². The van der Waals surface area contributed by atoms with E-state index in [2.05, 4.69) is 68.3 Å². The monoisotopic (exact) mass is 511 g/mol. The van der Waals surface area contributed by atoms with E-state index in [0.29, 0.717) is 28.7 Å². The molecular formula is C30H37N7O. The van der Waals surface area contributed by atoms with Crippen LogP contribution in [0.4, 0.5) is 11.6 Å². The largest absolute Gasteiger partial charge is 0.324 e. The van der Waals surface area contributed by atoms with Crippen LogP contribution < -0.4 is 10.9 Å². The molecule has 38 heavy (non-hydrogen) atoms. The molecule has 2 aliphatic carbocycles. The van der Waals surface area contributed by atoms with Crippen LogP contribution in [0.1, 0.15) is 62.9 Å². The average molecular weight is 512 g/mol.